The van der Waals surface area contributed by atoms with Gasteiger partial charge in [-0.1, -0.05) is 66.2 Å². The summed E-state index contributed by atoms with van der Waals surface area (Å²) in [6.45, 7) is 3.54. The molecule has 37 heavy (non-hydrogen) atoms. The number of carbonyl (C=O) groups excluding carboxylic acids is 1. The van der Waals surface area contributed by atoms with Crippen LogP contribution < -0.4 is 5.69 Å². The molecular weight excluding hydrogens is 488 g/mol. The van der Waals surface area contributed by atoms with Gasteiger partial charge in [0.1, 0.15) is 6.61 Å². The highest BCUT2D eigenvalue weighted by molar-refractivity contribution is 6.30. The fourth-order valence-corrected chi connectivity index (χ4v) is 5.13. The summed E-state index contributed by atoms with van der Waals surface area (Å²) in [5.41, 5.74) is 4.01. The minimum absolute atomic E-state index is 0.0634. The van der Waals surface area contributed by atoms with Crippen molar-refractivity contribution in [3.63, 3.8) is 0 Å². The number of fused-ring (bicyclic) bond motifs is 1. The van der Waals surface area contributed by atoms with E-state index in [1.165, 1.54) is 5.56 Å². The molecule has 1 fully saturated rings. The van der Waals surface area contributed by atoms with Crippen LogP contribution in [0.4, 0.5) is 4.79 Å². The molecule has 1 aliphatic heterocycles. The molecule has 8 heteroatoms. The lowest BCUT2D eigenvalue weighted by Gasteiger charge is -2.32. The molecule has 0 unspecified atom stereocenters. The average Bonchev–Trinajstić information content (AvgIpc) is 3.26. The first-order valence-corrected chi connectivity index (χ1v) is 13.1. The zero-order chi connectivity index (χ0) is 25.6. The molecule has 4 aromatic rings. The highest BCUT2D eigenvalue weighted by atomic mass is 35.5. The van der Waals surface area contributed by atoms with Crippen molar-refractivity contribution in [2.45, 2.75) is 32.0 Å². The third-order valence-corrected chi connectivity index (χ3v) is 7.17. The van der Waals surface area contributed by atoms with Crippen LogP contribution in [0.2, 0.25) is 5.02 Å². The molecule has 2 heterocycles. The quantitative estimate of drug-likeness (QED) is 0.336. The van der Waals surface area contributed by atoms with Gasteiger partial charge in [-0.15, -0.1) is 0 Å². The van der Waals surface area contributed by atoms with E-state index in [0.29, 0.717) is 44.1 Å². The van der Waals surface area contributed by atoms with E-state index in [0.717, 1.165) is 29.7 Å². The molecule has 0 saturated carbocycles. The Kier molecular flexibility index (Phi) is 7.92. The van der Waals surface area contributed by atoms with Crippen LogP contribution in [-0.2, 0) is 17.8 Å². The van der Waals surface area contributed by atoms with Crippen molar-refractivity contribution in [2.24, 2.45) is 0 Å². The van der Waals surface area contributed by atoms with Crippen molar-refractivity contribution >= 4 is 28.7 Å². The lowest BCUT2D eigenvalue weighted by Crippen LogP contribution is -2.41. The number of rotatable bonds is 8. The Balaban J connectivity index is 1.14. The second-order valence-electron chi connectivity index (χ2n) is 9.47. The normalized spacial score (nSPS) is 14.4. The summed E-state index contributed by atoms with van der Waals surface area (Å²) in [6, 6.07) is 25.9. The number of piperidine rings is 1. The first-order valence-electron chi connectivity index (χ1n) is 12.7. The monoisotopic (exact) mass is 518 g/mol. The molecule has 0 bridgehead atoms. The standard InChI is InChI=1S/C29H31ClN4O3/c30-24-12-10-23(11-13-24)21-32(20-22-6-2-1-3-7-22)18-19-37-29(36)33-16-14-25(15-17-33)34-27-9-5-4-8-26(27)31-28(34)35/h1-13,25H,14-21H2,(H,31,35). The molecule has 1 N–H and O–H groups in total. The molecule has 0 spiro atoms. The highest BCUT2D eigenvalue weighted by Gasteiger charge is 2.27. The summed E-state index contributed by atoms with van der Waals surface area (Å²) in [5.74, 6) is 0. The van der Waals surface area contributed by atoms with E-state index in [1.807, 2.05) is 71.3 Å². The molecule has 0 atom stereocenters. The van der Waals surface area contributed by atoms with Crippen molar-refractivity contribution in [1.29, 1.82) is 0 Å². The van der Waals surface area contributed by atoms with Crippen molar-refractivity contribution in [3.05, 3.63) is 105 Å². The maximum atomic E-state index is 12.8. The maximum Gasteiger partial charge on any atom is 0.409 e. The van der Waals surface area contributed by atoms with Crippen LogP contribution in [0, 0.1) is 0 Å². The number of ether oxygens (including phenoxy) is 1. The number of amides is 1. The summed E-state index contributed by atoms with van der Waals surface area (Å²) in [4.78, 5) is 32.3. The van der Waals surface area contributed by atoms with Gasteiger partial charge in [0.2, 0.25) is 0 Å². The van der Waals surface area contributed by atoms with Crippen LogP contribution in [0.3, 0.4) is 0 Å². The number of hydrogen-bond donors (Lipinski definition) is 1. The Morgan fingerprint density at radius 1 is 0.919 bits per heavy atom. The SMILES string of the molecule is O=C(OCCN(Cc1ccccc1)Cc1ccc(Cl)cc1)N1CCC(n2c(=O)[nH]c3ccccc32)CC1. The van der Waals surface area contributed by atoms with E-state index in [-0.39, 0.29) is 17.8 Å². The third-order valence-electron chi connectivity index (χ3n) is 6.91. The van der Waals surface area contributed by atoms with Crippen molar-refractivity contribution in [3.8, 4) is 0 Å². The summed E-state index contributed by atoms with van der Waals surface area (Å²) < 4.78 is 7.51. The predicted molar refractivity (Wildman–Crippen MR) is 146 cm³/mol. The third kappa shape index (κ3) is 6.24. The van der Waals surface area contributed by atoms with Gasteiger partial charge < -0.3 is 14.6 Å². The van der Waals surface area contributed by atoms with E-state index in [1.54, 1.807) is 4.90 Å². The van der Waals surface area contributed by atoms with Crippen molar-refractivity contribution in [1.82, 2.24) is 19.4 Å². The van der Waals surface area contributed by atoms with Crippen LogP contribution >= 0.6 is 11.6 Å². The molecule has 192 valence electrons. The summed E-state index contributed by atoms with van der Waals surface area (Å²) in [7, 11) is 0. The van der Waals surface area contributed by atoms with E-state index in [2.05, 4.69) is 22.0 Å². The van der Waals surface area contributed by atoms with Gasteiger partial charge in [0.15, 0.2) is 0 Å². The highest BCUT2D eigenvalue weighted by Crippen LogP contribution is 2.25. The molecule has 7 nitrogen and oxygen atoms in total. The number of H-pyrrole nitrogens is 1. The topological polar surface area (TPSA) is 70.6 Å². The van der Waals surface area contributed by atoms with Crippen LogP contribution in [0.5, 0.6) is 0 Å². The van der Waals surface area contributed by atoms with Gasteiger partial charge in [0.25, 0.3) is 0 Å². The van der Waals surface area contributed by atoms with Crippen LogP contribution in [0.15, 0.2) is 83.7 Å². The Bertz CT molecular complexity index is 1380. The molecule has 1 saturated heterocycles. The summed E-state index contributed by atoms with van der Waals surface area (Å²) in [5, 5.41) is 0.714. The average molecular weight is 519 g/mol. The van der Waals surface area contributed by atoms with Gasteiger partial charge >= 0.3 is 11.8 Å². The Labute approximate surface area is 221 Å². The number of carbonyl (C=O) groups is 1. The molecule has 1 amide bonds. The van der Waals surface area contributed by atoms with Crippen molar-refractivity contribution in [2.75, 3.05) is 26.2 Å². The fourth-order valence-electron chi connectivity index (χ4n) is 5.00. The minimum atomic E-state index is -0.295. The fraction of sp³-hybridized carbons (Fsp3) is 0.310. The van der Waals surface area contributed by atoms with Crippen LogP contribution in [-0.4, -0.2) is 51.7 Å². The molecule has 5 rings (SSSR count). The lowest BCUT2D eigenvalue weighted by molar-refractivity contribution is 0.0770. The summed E-state index contributed by atoms with van der Waals surface area (Å²) >= 11 is 6.05. The molecule has 3 aromatic carbocycles. The number of halogens is 1. The number of benzene rings is 3. The van der Waals surface area contributed by atoms with Crippen molar-refractivity contribution < 1.29 is 9.53 Å². The second kappa shape index (κ2) is 11.7. The number of para-hydroxylation sites is 2. The van der Waals surface area contributed by atoms with E-state index in [9.17, 15) is 9.59 Å². The largest absolute Gasteiger partial charge is 0.448 e. The number of aromatic nitrogens is 2. The van der Waals surface area contributed by atoms with E-state index < -0.39 is 0 Å². The maximum absolute atomic E-state index is 12.8. The van der Waals surface area contributed by atoms with Gasteiger partial charge in [0.05, 0.1) is 11.0 Å². The number of likely N-dealkylation sites (tertiary alicyclic amines) is 1. The van der Waals surface area contributed by atoms with Gasteiger partial charge in [-0.2, -0.15) is 0 Å². The number of hydrogen-bond acceptors (Lipinski definition) is 4. The zero-order valence-electron chi connectivity index (χ0n) is 20.7. The molecule has 0 aliphatic carbocycles. The zero-order valence-corrected chi connectivity index (χ0v) is 21.4. The molecule has 1 aromatic heterocycles. The molecule has 0 radical (unpaired) electrons. The van der Waals surface area contributed by atoms with Gasteiger partial charge in [0, 0.05) is 43.8 Å². The molecular formula is C29H31ClN4O3. The van der Waals surface area contributed by atoms with Gasteiger partial charge in [-0.05, 0) is 48.2 Å². The minimum Gasteiger partial charge on any atom is -0.448 e. The van der Waals surface area contributed by atoms with Gasteiger partial charge in [-0.3, -0.25) is 9.47 Å². The number of imidazole rings is 1. The second-order valence-corrected chi connectivity index (χ2v) is 9.91. The first kappa shape index (κ1) is 25.1. The summed E-state index contributed by atoms with van der Waals surface area (Å²) in [6.07, 6.45) is 1.14. The van der Waals surface area contributed by atoms with E-state index >= 15 is 0 Å². The Morgan fingerprint density at radius 2 is 1.57 bits per heavy atom. The van der Waals surface area contributed by atoms with E-state index in [4.69, 9.17) is 16.3 Å². The predicted octanol–water partition coefficient (Wildman–Crippen LogP) is 5.46. The lowest BCUT2D eigenvalue weighted by atomic mass is 10.0. The first-order chi connectivity index (χ1) is 18.1. The number of nitrogens with zero attached hydrogens (tertiary/aromatic N) is 3. The van der Waals surface area contributed by atoms with Gasteiger partial charge in [-0.25, -0.2) is 9.59 Å². The Hall–Kier alpha value is -3.55. The number of nitrogens with one attached hydrogen (secondary N) is 1. The van der Waals surface area contributed by atoms with Crippen LogP contribution in [0.25, 0.3) is 11.0 Å². The Morgan fingerprint density at radius 3 is 2.30 bits per heavy atom. The molecule has 1 aliphatic rings. The van der Waals surface area contributed by atoms with Crippen LogP contribution in [0.1, 0.15) is 30.0 Å². The number of aromatic amines is 1. The smallest absolute Gasteiger partial charge is 0.409 e.